The standard InChI is InChI=1S/C8H18INO/c1-7(2,9)5-6(11)8(3,4)10/h6,11H,5,10H2,1-4H3. The van der Waals surface area contributed by atoms with Crippen molar-refractivity contribution < 1.29 is 5.11 Å². The van der Waals surface area contributed by atoms with E-state index >= 15 is 0 Å². The molecule has 3 heteroatoms. The van der Waals surface area contributed by atoms with Gasteiger partial charge in [-0.2, -0.15) is 0 Å². The number of aliphatic hydroxyl groups excluding tert-OH is 1. The van der Waals surface area contributed by atoms with Gasteiger partial charge in [0.2, 0.25) is 0 Å². The summed E-state index contributed by atoms with van der Waals surface area (Å²) in [5, 5.41) is 9.59. The number of alkyl halides is 1. The van der Waals surface area contributed by atoms with E-state index in [1.165, 1.54) is 0 Å². The van der Waals surface area contributed by atoms with Crippen molar-refractivity contribution in [1.29, 1.82) is 0 Å². The zero-order valence-electron chi connectivity index (χ0n) is 7.69. The van der Waals surface area contributed by atoms with Crippen molar-refractivity contribution >= 4 is 22.6 Å². The molecule has 1 unspecified atom stereocenters. The Morgan fingerprint density at radius 3 is 1.82 bits per heavy atom. The van der Waals surface area contributed by atoms with Gasteiger partial charge in [-0.3, -0.25) is 0 Å². The van der Waals surface area contributed by atoms with E-state index in [1.54, 1.807) is 0 Å². The highest BCUT2D eigenvalue weighted by atomic mass is 127. The maximum atomic E-state index is 9.59. The van der Waals surface area contributed by atoms with Gasteiger partial charge >= 0.3 is 0 Å². The molecule has 0 aromatic carbocycles. The first kappa shape index (κ1) is 11.6. The topological polar surface area (TPSA) is 46.2 Å². The summed E-state index contributed by atoms with van der Waals surface area (Å²) in [5.74, 6) is 0. The Morgan fingerprint density at radius 1 is 1.36 bits per heavy atom. The minimum atomic E-state index is -0.484. The van der Waals surface area contributed by atoms with E-state index in [4.69, 9.17) is 5.73 Å². The van der Waals surface area contributed by atoms with Crippen LogP contribution in [-0.2, 0) is 0 Å². The molecule has 0 saturated heterocycles. The van der Waals surface area contributed by atoms with Crippen LogP contribution in [-0.4, -0.2) is 20.2 Å². The molecule has 0 saturated carbocycles. The molecule has 0 aliphatic heterocycles. The van der Waals surface area contributed by atoms with Gasteiger partial charge in [0, 0.05) is 8.96 Å². The van der Waals surface area contributed by atoms with Crippen LogP contribution in [0.1, 0.15) is 34.1 Å². The third kappa shape index (κ3) is 5.87. The molecular weight excluding hydrogens is 253 g/mol. The molecule has 2 nitrogen and oxygen atoms in total. The highest BCUT2D eigenvalue weighted by Crippen LogP contribution is 2.26. The monoisotopic (exact) mass is 271 g/mol. The van der Waals surface area contributed by atoms with Crippen LogP contribution in [0.2, 0.25) is 0 Å². The van der Waals surface area contributed by atoms with E-state index in [-0.39, 0.29) is 3.42 Å². The van der Waals surface area contributed by atoms with Crippen LogP contribution in [0.15, 0.2) is 0 Å². The lowest BCUT2D eigenvalue weighted by molar-refractivity contribution is 0.0895. The Morgan fingerprint density at radius 2 is 1.73 bits per heavy atom. The molecule has 3 N–H and O–H groups in total. The van der Waals surface area contributed by atoms with Crippen LogP contribution in [0, 0.1) is 0 Å². The second-order valence-electron chi connectivity index (χ2n) is 4.26. The summed E-state index contributed by atoms with van der Waals surface area (Å²) >= 11 is 2.32. The van der Waals surface area contributed by atoms with Crippen molar-refractivity contribution in [3.8, 4) is 0 Å². The maximum absolute atomic E-state index is 9.59. The summed E-state index contributed by atoms with van der Waals surface area (Å²) < 4.78 is 0.119. The van der Waals surface area contributed by atoms with E-state index in [0.29, 0.717) is 0 Å². The van der Waals surface area contributed by atoms with Crippen molar-refractivity contribution in [3.05, 3.63) is 0 Å². The fraction of sp³-hybridized carbons (Fsp3) is 1.00. The predicted molar refractivity (Wildman–Crippen MR) is 57.0 cm³/mol. The second-order valence-corrected chi connectivity index (χ2v) is 7.18. The molecule has 0 aliphatic rings. The van der Waals surface area contributed by atoms with Crippen LogP contribution in [0.25, 0.3) is 0 Å². The van der Waals surface area contributed by atoms with Crippen molar-refractivity contribution in [3.63, 3.8) is 0 Å². The average molecular weight is 271 g/mol. The van der Waals surface area contributed by atoms with Crippen LogP contribution in [0.4, 0.5) is 0 Å². The summed E-state index contributed by atoms with van der Waals surface area (Å²) in [6.07, 6.45) is 0.311. The van der Waals surface area contributed by atoms with E-state index < -0.39 is 11.6 Å². The highest BCUT2D eigenvalue weighted by Gasteiger charge is 2.28. The number of hydrogen-bond acceptors (Lipinski definition) is 2. The number of aliphatic hydroxyl groups is 1. The first-order valence-corrected chi connectivity index (χ1v) is 4.87. The number of hydrogen-bond donors (Lipinski definition) is 2. The fourth-order valence-electron chi connectivity index (χ4n) is 0.723. The summed E-state index contributed by atoms with van der Waals surface area (Å²) in [5.41, 5.74) is 5.25. The van der Waals surface area contributed by atoms with Crippen LogP contribution in [0.5, 0.6) is 0 Å². The molecule has 1 atom stereocenters. The molecule has 0 aromatic rings. The summed E-state index contributed by atoms with van der Waals surface area (Å²) in [4.78, 5) is 0. The molecule has 68 valence electrons. The van der Waals surface area contributed by atoms with Crippen LogP contribution < -0.4 is 5.73 Å². The molecule has 0 aromatic heterocycles. The third-order valence-corrected chi connectivity index (χ3v) is 1.98. The van der Waals surface area contributed by atoms with Crippen molar-refractivity contribution in [2.75, 3.05) is 0 Å². The van der Waals surface area contributed by atoms with Gasteiger partial charge in [0.1, 0.15) is 0 Å². The van der Waals surface area contributed by atoms with Gasteiger partial charge in [0.15, 0.2) is 0 Å². The van der Waals surface area contributed by atoms with Gasteiger partial charge in [0.05, 0.1) is 6.10 Å². The average Bonchev–Trinajstić information content (AvgIpc) is 1.56. The highest BCUT2D eigenvalue weighted by molar-refractivity contribution is 14.1. The lowest BCUT2D eigenvalue weighted by Gasteiger charge is -2.30. The Bertz CT molecular complexity index is 123. The van der Waals surface area contributed by atoms with E-state index in [2.05, 4.69) is 36.4 Å². The Labute approximate surface area is 82.7 Å². The molecule has 0 rings (SSSR count). The molecule has 0 radical (unpaired) electrons. The summed E-state index contributed by atoms with van der Waals surface area (Å²) in [7, 11) is 0. The first-order chi connectivity index (χ1) is 4.63. The summed E-state index contributed by atoms with van der Waals surface area (Å²) in [6, 6.07) is 0. The minimum Gasteiger partial charge on any atom is -0.391 e. The third-order valence-electron chi connectivity index (χ3n) is 1.54. The Kier molecular flexibility index (Phi) is 3.79. The molecule has 0 spiro atoms. The quantitative estimate of drug-likeness (QED) is 0.606. The number of nitrogens with two attached hydrogens (primary N) is 1. The largest absolute Gasteiger partial charge is 0.391 e. The van der Waals surface area contributed by atoms with Crippen molar-refractivity contribution in [2.45, 2.75) is 49.2 Å². The van der Waals surface area contributed by atoms with E-state index in [0.717, 1.165) is 6.42 Å². The van der Waals surface area contributed by atoms with E-state index in [9.17, 15) is 5.11 Å². The molecule has 11 heavy (non-hydrogen) atoms. The molecule has 0 bridgehead atoms. The maximum Gasteiger partial charge on any atom is 0.0726 e. The van der Waals surface area contributed by atoms with Gasteiger partial charge in [-0.1, -0.05) is 36.4 Å². The van der Waals surface area contributed by atoms with Gasteiger partial charge < -0.3 is 10.8 Å². The van der Waals surface area contributed by atoms with Crippen LogP contribution >= 0.6 is 22.6 Å². The lowest BCUT2D eigenvalue weighted by Crippen LogP contribution is -2.47. The van der Waals surface area contributed by atoms with Gasteiger partial charge in [0.25, 0.3) is 0 Å². The van der Waals surface area contributed by atoms with Crippen molar-refractivity contribution in [1.82, 2.24) is 0 Å². The first-order valence-electron chi connectivity index (χ1n) is 3.79. The predicted octanol–water partition coefficient (Wildman–Crippen LogP) is 1.69. The fourth-order valence-corrected chi connectivity index (χ4v) is 1.14. The molecule has 0 aliphatic carbocycles. The summed E-state index contributed by atoms with van der Waals surface area (Å²) in [6.45, 7) is 7.87. The normalized spacial score (nSPS) is 16.6. The number of halogens is 1. The van der Waals surface area contributed by atoms with E-state index in [1.807, 2.05) is 13.8 Å². The lowest BCUT2D eigenvalue weighted by atomic mass is 9.91. The van der Waals surface area contributed by atoms with Gasteiger partial charge in [-0.25, -0.2) is 0 Å². The Balaban J connectivity index is 3.99. The SMILES string of the molecule is CC(C)(I)CC(O)C(C)(C)N. The second kappa shape index (κ2) is 3.58. The Hall–Kier alpha value is 0.650. The zero-order chi connectivity index (χ0) is 9.28. The molecular formula is C8H18INO. The van der Waals surface area contributed by atoms with Gasteiger partial charge in [-0.15, -0.1) is 0 Å². The van der Waals surface area contributed by atoms with Crippen LogP contribution in [0.3, 0.4) is 0 Å². The van der Waals surface area contributed by atoms with Gasteiger partial charge in [-0.05, 0) is 20.3 Å². The van der Waals surface area contributed by atoms with Crippen molar-refractivity contribution in [2.24, 2.45) is 5.73 Å². The zero-order valence-corrected chi connectivity index (χ0v) is 9.84. The number of rotatable bonds is 3. The minimum absolute atomic E-state index is 0.119. The molecule has 0 fully saturated rings. The molecule has 0 amide bonds. The molecule has 0 heterocycles. The smallest absolute Gasteiger partial charge is 0.0726 e.